The van der Waals surface area contributed by atoms with Gasteiger partial charge in [0.2, 0.25) is 5.12 Å². The molecule has 0 saturated carbocycles. The van der Waals surface area contributed by atoms with Crippen LogP contribution in [-0.2, 0) is 11.9 Å². The van der Waals surface area contributed by atoms with Crippen LogP contribution in [0.2, 0.25) is 0 Å². The highest BCUT2D eigenvalue weighted by atomic mass is 32.2. The molecule has 0 aliphatic carbocycles. The first-order chi connectivity index (χ1) is 11.4. The van der Waals surface area contributed by atoms with Gasteiger partial charge in [-0.1, -0.05) is 12.1 Å². The lowest BCUT2D eigenvalue weighted by atomic mass is 10.1. The number of benzene rings is 2. The number of thiol groups is 1. The second kappa shape index (κ2) is 6.32. The number of methoxy groups -OCH3 is 1. The quantitative estimate of drug-likeness (QED) is 0.810. The van der Waals surface area contributed by atoms with Gasteiger partial charge in [-0.25, -0.2) is 0 Å². The lowest BCUT2D eigenvalue weighted by Crippen LogP contribution is -2.09. The molecular weight excluding hydrogens is 339 g/mol. The zero-order valence-electron chi connectivity index (χ0n) is 12.7. The minimum Gasteiger partial charge on any atom is -0.497 e. The van der Waals surface area contributed by atoms with Crippen molar-refractivity contribution in [3.8, 4) is 5.75 Å². The Labute approximate surface area is 139 Å². The number of rotatable bonds is 3. The molecule has 126 valence electrons. The van der Waals surface area contributed by atoms with Crippen LogP contribution in [0.25, 0.3) is 0 Å². The van der Waals surface area contributed by atoms with E-state index in [0.29, 0.717) is 28.3 Å². The van der Waals surface area contributed by atoms with Crippen LogP contribution in [0, 0.1) is 0 Å². The van der Waals surface area contributed by atoms with E-state index in [1.54, 1.807) is 23.7 Å². The van der Waals surface area contributed by atoms with Gasteiger partial charge in [0, 0.05) is 11.3 Å². The number of aliphatic imine (C=N–C) groups is 1. The van der Waals surface area contributed by atoms with Crippen LogP contribution in [0.5, 0.6) is 5.75 Å². The number of carbonyl (C=O) groups is 1. The molecule has 2 aromatic carbocycles. The van der Waals surface area contributed by atoms with Crippen molar-refractivity contribution in [3.63, 3.8) is 0 Å². The van der Waals surface area contributed by atoms with E-state index >= 15 is 0 Å². The van der Waals surface area contributed by atoms with E-state index in [4.69, 9.17) is 4.74 Å². The summed E-state index contributed by atoms with van der Waals surface area (Å²) in [6.45, 7) is 0. The molecule has 0 N–H and O–H groups in total. The van der Waals surface area contributed by atoms with Crippen LogP contribution < -0.4 is 4.74 Å². The highest BCUT2D eigenvalue weighted by Crippen LogP contribution is 2.41. The van der Waals surface area contributed by atoms with Crippen LogP contribution in [0.3, 0.4) is 0 Å². The van der Waals surface area contributed by atoms with Crippen molar-refractivity contribution < 1.29 is 22.7 Å². The van der Waals surface area contributed by atoms with Gasteiger partial charge in [0.1, 0.15) is 5.75 Å². The van der Waals surface area contributed by atoms with Gasteiger partial charge < -0.3 is 4.74 Å². The van der Waals surface area contributed by atoms with Crippen molar-refractivity contribution in [1.29, 1.82) is 0 Å². The summed E-state index contributed by atoms with van der Waals surface area (Å²) in [4.78, 5) is 16.9. The zero-order chi connectivity index (χ0) is 17.3. The van der Waals surface area contributed by atoms with Gasteiger partial charge in [-0.05, 0) is 35.9 Å². The third-order valence-electron chi connectivity index (χ3n) is 3.67. The predicted molar refractivity (Wildman–Crippen MR) is 89.6 cm³/mol. The normalized spacial score (nSPS) is 18.3. The summed E-state index contributed by atoms with van der Waals surface area (Å²) in [6, 6.07) is 9.98. The second-order valence-electron chi connectivity index (χ2n) is 5.26. The molecule has 0 bridgehead atoms. The molecule has 0 radical (unpaired) electrons. The van der Waals surface area contributed by atoms with Crippen LogP contribution >= 0.6 is 10.9 Å². The van der Waals surface area contributed by atoms with Gasteiger partial charge in [-0.15, -0.1) is 10.9 Å². The number of halogens is 3. The highest BCUT2D eigenvalue weighted by molar-refractivity contribution is 8.39. The largest absolute Gasteiger partial charge is 0.497 e. The Balaban J connectivity index is 1.80. The minimum atomic E-state index is -4.36. The SMILES string of the molecule is COc1ccc2c(c1)C(=O)[SH](Cc1ccc(C(F)(F)F)cc1)C=N2. The molecule has 0 spiro atoms. The first-order valence-electron chi connectivity index (χ1n) is 7.08. The van der Waals surface area contributed by atoms with Crippen molar-refractivity contribution in [1.82, 2.24) is 0 Å². The van der Waals surface area contributed by atoms with Gasteiger partial charge in [0.15, 0.2) is 0 Å². The van der Waals surface area contributed by atoms with E-state index in [1.807, 2.05) is 0 Å². The van der Waals surface area contributed by atoms with Gasteiger partial charge in [0.25, 0.3) is 0 Å². The Kier molecular flexibility index (Phi) is 4.36. The van der Waals surface area contributed by atoms with Gasteiger partial charge >= 0.3 is 6.18 Å². The Morgan fingerprint density at radius 2 is 1.83 bits per heavy atom. The molecule has 3 rings (SSSR count). The third-order valence-corrected chi connectivity index (χ3v) is 5.53. The van der Waals surface area contributed by atoms with Crippen molar-refractivity contribution in [3.05, 3.63) is 59.2 Å². The summed E-state index contributed by atoms with van der Waals surface area (Å²) in [7, 11) is 0.299. The number of alkyl halides is 3. The number of hydrogen-bond donors (Lipinski definition) is 1. The molecule has 0 aromatic heterocycles. The van der Waals surface area contributed by atoms with Crippen LogP contribution in [-0.4, -0.2) is 17.8 Å². The summed E-state index contributed by atoms with van der Waals surface area (Å²) in [5.41, 5.74) is 2.68. The Morgan fingerprint density at radius 1 is 1.12 bits per heavy atom. The fraction of sp³-hybridized carbons (Fsp3) is 0.176. The predicted octanol–water partition coefficient (Wildman–Crippen LogP) is 4.73. The summed E-state index contributed by atoms with van der Waals surface area (Å²) in [5.74, 6) is 0.940. The van der Waals surface area contributed by atoms with Crippen molar-refractivity contribution in [2.45, 2.75) is 11.9 Å². The lowest BCUT2D eigenvalue weighted by molar-refractivity contribution is -0.137. The van der Waals surface area contributed by atoms with Crippen LogP contribution in [0.15, 0.2) is 47.5 Å². The van der Waals surface area contributed by atoms with Crippen molar-refractivity contribution in [2.24, 2.45) is 4.99 Å². The maximum Gasteiger partial charge on any atom is 0.416 e. The maximum absolute atomic E-state index is 12.6. The molecule has 3 nitrogen and oxygen atoms in total. The van der Waals surface area contributed by atoms with Crippen molar-refractivity contribution in [2.75, 3.05) is 7.11 Å². The first-order valence-corrected chi connectivity index (χ1v) is 8.67. The average molecular weight is 353 g/mol. The summed E-state index contributed by atoms with van der Waals surface area (Å²) in [6.07, 6.45) is -4.36. The van der Waals surface area contributed by atoms with E-state index < -0.39 is 22.6 Å². The molecule has 24 heavy (non-hydrogen) atoms. The fourth-order valence-electron chi connectivity index (χ4n) is 2.37. The topological polar surface area (TPSA) is 38.7 Å². The van der Waals surface area contributed by atoms with Crippen LogP contribution in [0.1, 0.15) is 21.5 Å². The Hall–Kier alpha value is -2.28. The average Bonchev–Trinajstić information content (AvgIpc) is 2.57. The third kappa shape index (κ3) is 3.31. The number of carbonyl (C=O) groups excluding carboxylic acids is 1. The fourth-order valence-corrected chi connectivity index (χ4v) is 4.06. The molecule has 1 aliphatic rings. The zero-order valence-corrected chi connectivity index (χ0v) is 13.6. The highest BCUT2D eigenvalue weighted by Gasteiger charge is 2.30. The van der Waals surface area contributed by atoms with Crippen molar-refractivity contribution >= 4 is 27.2 Å². The van der Waals surface area contributed by atoms with E-state index in [1.165, 1.54) is 19.2 Å². The van der Waals surface area contributed by atoms with E-state index in [0.717, 1.165) is 12.1 Å². The first kappa shape index (κ1) is 16.6. The summed E-state index contributed by atoms with van der Waals surface area (Å²) < 4.78 is 42.9. The smallest absolute Gasteiger partial charge is 0.416 e. The number of fused-ring (bicyclic) bond motifs is 1. The number of ether oxygens (including phenoxy) is 1. The molecule has 0 saturated heterocycles. The standard InChI is InChI=1S/C17H14F3NO2S/c1-23-13-6-7-15-14(8-13)16(22)24(10-21-15)9-11-2-4-12(5-3-11)17(18,19)20/h2-8,10,24H,9H2,1H3. The molecule has 0 amide bonds. The Bertz CT molecular complexity index is 800. The van der Waals surface area contributed by atoms with E-state index in [9.17, 15) is 18.0 Å². The van der Waals surface area contributed by atoms with E-state index in [-0.39, 0.29) is 5.12 Å². The lowest BCUT2D eigenvalue weighted by Gasteiger charge is -2.21. The van der Waals surface area contributed by atoms with Gasteiger partial charge in [0.05, 0.1) is 23.9 Å². The maximum atomic E-state index is 12.6. The van der Waals surface area contributed by atoms with Gasteiger partial charge in [-0.2, -0.15) is 13.2 Å². The monoisotopic (exact) mass is 353 g/mol. The summed E-state index contributed by atoms with van der Waals surface area (Å²) >= 11 is 0. The second-order valence-corrected chi connectivity index (χ2v) is 7.15. The molecule has 1 heterocycles. The molecular formula is C17H14F3NO2S. The number of nitrogens with zero attached hydrogens (tertiary/aromatic N) is 1. The minimum absolute atomic E-state index is 0.0474. The van der Waals surface area contributed by atoms with E-state index in [2.05, 4.69) is 4.99 Å². The molecule has 7 heteroatoms. The molecule has 1 atom stereocenters. The molecule has 1 aliphatic heterocycles. The molecule has 0 fully saturated rings. The van der Waals surface area contributed by atoms with Crippen LogP contribution in [0.4, 0.5) is 18.9 Å². The Morgan fingerprint density at radius 3 is 2.46 bits per heavy atom. The molecule has 1 unspecified atom stereocenters. The number of hydrogen-bond acceptors (Lipinski definition) is 3. The summed E-state index contributed by atoms with van der Waals surface area (Å²) in [5, 5.41) is -0.0474. The molecule has 2 aromatic rings. The van der Waals surface area contributed by atoms with Gasteiger partial charge in [-0.3, -0.25) is 9.79 Å².